The first-order valence-corrected chi connectivity index (χ1v) is 6.96. The molecule has 5 heteroatoms. The van der Waals surface area contributed by atoms with Crippen LogP contribution in [0, 0.1) is 16.3 Å². The Hall–Kier alpha value is -1.14. The molecule has 2 nitrogen and oxygen atoms in total. The number of amides is 1. The highest BCUT2D eigenvalue weighted by Crippen LogP contribution is 2.24. The van der Waals surface area contributed by atoms with Crippen LogP contribution in [-0.2, 0) is 0 Å². The number of carbonyl (C=O) groups is 1. The van der Waals surface area contributed by atoms with E-state index in [1.54, 1.807) is 31.2 Å². The van der Waals surface area contributed by atoms with Crippen LogP contribution in [0.5, 0.6) is 0 Å². The van der Waals surface area contributed by atoms with Gasteiger partial charge in [0.15, 0.2) is 0 Å². The van der Waals surface area contributed by atoms with Crippen molar-refractivity contribution in [3.05, 3.63) is 61.9 Å². The van der Waals surface area contributed by atoms with Crippen molar-refractivity contribution in [1.82, 2.24) is 0 Å². The molecule has 0 unspecified atom stereocenters. The third-order valence-electron chi connectivity index (χ3n) is 2.62. The lowest BCUT2D eigenvalue weighted by Gasteiger charge is -2.09. The van der Waals surface area contributed by atoms with Gasteiger partial charge in [-0.1, -0.05) is 23.7 Å². The smallest absolute Gasteiger partial charge is 0.258 e. The van der Waals surface area contributed by atoms with Crippen molar-refractivity contribution in [3.8, 4) is 0 Å². The van der Waals surface area contributed by atoms with Gasteiger partial charge in [0.25, 0.3) is 5.91 Å². The van der Waals surface area contributed by atoms with E-state index in [1.165, 1.54) is 6.07 Å². The lowest BCUT2D eigenvalue weighted by Crippen LogP contribution is -2.14. The van der Waals surface area contributed by atoms with E-state index in [0.717, 1.165) is 3.57 Å². The molecule has 1 amide bonds. The maximum absolute atomic E-state index is 13.8. The number of aryl methyl sites for hydroxylation is 1. The first-order chi connectivity index (χ1) is 8.99. The number of nitrogens with one attached hydrogen (secondary N) is 1. The Labute approximate surface area is 129 Å². The van der Waals surface area contributed by atoms with Crippen LogP contribution in [0.1, 0.15) is 15.9 Å². The van der Waals surface area contributed by atoms with E-state index in [-0.39, 0.29) is 5.56 Å². The molecule has 0 heterocycles. The minimum atomic E-state index is -0.512. The maximum atomic E-state index is 13.8. The van der Waals surface area contributed by atoms with Crippen molar-refractivity contribution in [2.24, 2.45) is 0 Å². The van der Waals surface area contributed by atoms with Crippen molar-refractivity contribution in [2.45, 2.75) is 6.92 Å². The van der Waals surface area contributed by atoms with Gasteiger partial charge in [-0.25, -0.2) is 4.39 Å². The summed E-state index contributed by atoms with van der Waals surface area (Å²) in [4.78, 5) is 12.0. The van der Waals surface area contributed by atoms with E-state index in [1.807, 2.05) is 6.07 Å². The molecule has 0 aromatic heterocycles. The number of hydrogen-bond donors (Lipinski definition) is 1. The third kappa shape index (κ3) is 3.25. The van der Waals surface area contributed by atoms with Gasteiger partial charge in [-0.05, 0) is 59.3 Å². The van der Waals surface area contributed by atoms with E-state index >= 15 is 0 Å². The first kappa shape index (κ1) is 14.3. The molecule has 2 rings (SSSR count). The second-order valence-corrected chi connectivity index (χ2v) is 5.67. The van der Waals surface area contributed by atoms with Crippen molar-refractivity contribution < 1.29 is 9.18 Å². The molecule has 0 bridgehead atoms. The van der Waals surface area contributed by atoms with Crippen LogP contribution in [0.3, 0.4) is 0 Å². The third-order valence-corrected chi connectivity index (χ3v) is 3.60. The second-order valence-electron chi connectivity index (χ2n) is 4.01. The van der Waals surface area contributed by atoms with Gasteiger partial charge in [0.05, 0.1) is 16.3 Å². The van der Waals surface area contributed by atoms with E-state index in [2.05, 4.69) is 27.9 Å². The normalized spacial score (nSPS) is 10.3. The molecule has 0 fully saturated rings. The van der Waals surface area contributed by atoms with Gasteiger partial charge < -0.3 is 5.32 Å². The van der Waals surface area contributed by atoms with Crippen LogP contribution in [0.4, 0.5) is 10.1 Å². The van der Waals surface area contributed by atoms with Crippen LogP contribution in [-0.4, -0.2) is 5.91 Å². The van der Waals surface area contributed by atoms with Crippen molar-refractivity contribution >= 4 is 45.8 Å². The highest BCUT2D eigenvalue weighted by Gasteiger charge is 2.14. The second kappa shape index (κ2) is 5.88. The Morgan fingerprint density at radius 3 is 2.74 bits per heavy atom. The van der Waals surface area contributed by atoms with E-state index in [4.69, 9.17) is 11.6 Å². The molecule has 2 aromatic rings. The number of anilines is 1. The van der Waals surface area contributed by atoms with Gasteiger partial charge in [-0.15, -0.1) is 0 Å². The monoisotopic (exact) mass is 389 g/mol. The Bertz CT molecular complexity index is 645. The van der Waals surface area contributed by atoms with Gasteiger partial charge in [-0.3, -0.25) is 4.79 Å². The summed E-state index contributed by atoms with van der Waals surface area (Å²) in [5.74, 6) is -1.02. The van der Waals surface area contributed by atoms with Crippen LogP contribution in [0.15, 0.2) is 36.4 Å². The largest absolute Gasteiger partial charge is 0.321 e. The molecule has 19 heavy (non-hydrogen) atoms. The molecule has 0 radical (unpaired) electrons. The fourth-order valence-corrected chi connectivity index (χ4v) is 2.51. The van der Waals surface area contributed by atoms with Gasteiger partial charge in [-0.2, -0.15) is 0 Å². The number of halogens is 3. The number of rotatable bonds is 2. The summed E-state index contributed by atoms with van der Waals surface area (Å²) in [6.45, 7) is 1.62. The zero-order valence-corrected chi connectivity index (χ0v) is 12.9. The topological polar surface area (TPSA) is 29.1 Å². The minimum Gasteiger partial charge on any atom is -0.321 e. The lowest BCUT2D eigenvalue weighted by atomic mass is 10.1. The molecule has 0 spiro atoms. The molecular formula is C14H10ClFINO. The Kier molecular flexibility index (Phi) is 4.42. The SMILES string of the molecule is Cc1cccc(C(=O)Nc2ccc(I)cc2Cl)c1F. The average molecular weight is 390 g/mol. The van der Waals surface area contributed by atoms with Crippen molar-refractivity contribution in [1.29, 1.82) is 0 Å². The van der Waals surface area contributed by atoms with Crippen molar-refractivity contribution in [2.75, 3.05) is 5.32 Å². The zero-order valence-electron chi connectivity index (χ0n) is 10.0. The molecule has 0 aliphatic heterocycles. The Balaban J connectivity index is 2.28. The van der Waals surface area contributed by atoms with Gasteiger partial charge >= 0.3 is 0 Å². The average Bonchev–Trinajstić information content (AvgIpc) is 2.36. The predicted molar refractivity (Wildman–Crippen MR) is 83.3 cm³/mol. The number of carbonyl (C=O) groups excluding carboxylic acids is 1. The molecule has 0 saturated heterocycles. The molecule has 0 atom stereocenters. The van der Waals surface area contributed by atoms with Crippen LogP contribution < -0.4 is 5.32 Å². The lowest BCUT2D eigenvalue weighted by molar-refractivity contribution is 0.102. The van der Waals surface area contributed by atoms with E-state index in [0.29, 0.717) is 16.3 Å². The molecule has 0 aliphatic rings. The quantitative estimate of drug-likeness (QED) is 0.745. The van der Waals surface area contributed by atoms with Crippen LogP contribution in [0.25, 0.3) is 0 Å². The summed E-state index contributed by atoms with van der Waals surface area (Å²) >= 11 is 8.14. The minimum absolute atomic E-state index is 0.00890. The summed E-state index contributed by atoms with van der Waals surface area (Å²) in [6.07, 6.45) is 0. The Morgan fingerprint density at radius 2 is 2.05 bits per heavy atom. The summed E-state index contributed by atoms with van der Waals surface area (Å²) < 4.78 is 14.8. The fourth-order valence-electron chi connectivity index (χ4n) is 1.60. The molecule has 98 valence electrons. The standard InChI is InChI=1S/C14H10ClFINO/c1-8-3-2-4-10(13(8)16)14(19)18-12-6-5-9(17)7-11(12)15/h2-7H,1H3,(H,18,19). The maximum Gasteiger partial charge on any atom is 0.258 e. The van der Waals surface area contributed by atoms with Crippen LogP contribution >= 0.6 is 34.2 Å². The molecule has 0 saturated carbocycles. The zero-order chi connectivity index (χ0) is 14.0. The molecular weight excluding hydrogens is 380 g/mol. The summed E-state index contributed by atoms with van der Waals surface area (Å²) in [5.41, 5.74) is 0.906. The first-order valence-electron chi connectivity index (χ1n) is 5.50. The molecule has 0 aliphatic carbocycles. The van der Waals surface area contributed by atoms with E-state index < -0.39 is 11.7 Å². The summed E-state index contributed by atoms with van der Waals surface area (Å²) in [7, 11) is 0. The summed E-state index contributed by atoms with van der Waals surface area (Å²) in [5, 5.41) is 3.03. The van der Waals surface area contributed by atoms with Gasteiger partial charge in [0.2, 0.25) is 0 Å². The molecule has 2 aromatic carbocycles. The predicted octanol–water partition coefficient (Wildman–Crippen LogP) is 4.64. The summed E-state index contributed by atoms with van der Waals surface area (Å²) in [6, 6.07) is 9.93. The molecule has 1 N–H and O–H groups in total. The van der Waals surface area contributed by atoms with Crippen LogP contribution in [0.2, 0.25) is 5.02 Å². The van der Waals surface area contributed by atoms with Crippen molar-refractivity contribution in [3.63, 3.8) is 0 Å². The fraction of sp³-hybridized carbons (Fsp3) is 0.0714. The van der Waals surface area contributed by atoms with E-state index in [9.17, 15) is 9.18 Å². The van der Waals surface area contributed by atoms with Gasteiger partial charge in [0, 0.05) is 3.57 Å². The number of hydrogen-bond acceptors (Lipinski definition) is 1. The van der Waals surface area contributed by atoms with Gasteiger partial charge in [0.1, 0.15) is 5.82 Å². The highest BCUT2D eigenvalue weighted by molar-refractivity contribution is 14.1. The highest BCUT2D eigenvalue weighted by atomic mass is 127. The number of benzene rings is 2. The Morgan fingerprint density at radius 1 is 1.32 bits per heavy atom.